The summed E-state index contributed by atoms with van der Waals surface area (Å²) in [6.45, 7) is 4.71. The maximum atomic E-state index is 12.1. The highest BCUT2D eigenvalue weighted by atomic mass is 35.5. The van der Waals surface area contributed by atoms with Crippen LogP contribution in [0.5, 0.6) is 0 Å². The van der Waals surface area contributed by atoms with Crippen LogP contribution in [0, 0.1) is 5.92 Å². The lowest BCUT2D eigenvalue weighted by molar-refractivity contribution is -0.135. The minimum atomic E-state index is 0.0355. The monoisotopic (exact) mass is 285 g/mol. The van der Waals surface area contributed by atoms with Crippen molar-refractivity contribution in [1.82, 2.24) is 4.90 Å². The number of carbonyl (C=O) groups is 1. The van der Waals surface area contributed by atoms with Crippen molar-refractivity contribution in [1.29, 1.82) is 0 Å². The van der Waals surface area contributed by atoms with Gasteiger partial charge in [-0.2, -0.15) is 0 Å². The summed E-state index contributed by atoms with van der Waals surface area (Å²) in [7, 11) is 0. The lowest BCUT2D eigenvalue weighted by Gasteiger charge is -2.27. The van der Waals surface area contributed by atoms with Gasteiger partial charge < -0.3 is 4.90 Å². The van der Waals surface area contributed by atoms with E-state index in [1.807, 2.05) is 30.9 Å². The summed E-state index contributed by atoms with van der Waals surface area (Å²) in [6.07, 6.45) is 2.04. The third-order valence-electron chi connectivity index (χ3n) is 3.36. The van der Waals surface area contributed by atoms with Gasteiger partial charge in [-0.3, -0.25) is 4.79 Å². The van der Waals surface area contributed by atoms with Crippen molar-refractivity contribution in [3.05, 3.63) is 33.8 Å². The Morgan fingerprint density at radius 3 is 2.67 bits per heavy atom. The topological polar surface area (TPSA) is 20.3 Å². The summed E-state index contributed by atoms with van der Waals surface area (Å²) >= 11 is 12.0. The van der Waals surface area contributed by atoms with Crippen LogP contribution in [0.2, 0.25) is 10.0 Å². The molecule has 4 heteroatoms. The number of carbonyl (C=O) groups excluding carboxylic acids is 1. The molecule has 0 aromatic heterocycles. The van der Waals surface area contributed by atoms with E-state index in [0.29, 0.717) is 10.0 Å². The van der Waals surface area contributed by atoms with Crippen molar-refractivity contribution < 1.29 is 4.79 Å². The molecule has 0 aliphatic carbocycles. The van der Waals surface area contributed by atoms with Crippen molar-refractivity contribution in [3.8, 4) is 0 Å². The number of hydrogen-bond donors (Lipinski definition) is 0. The van der Waals surface area contributed by atoms with Crippen molar-refractivity contribution in [2.24, 2.45) is 5.92 Å². The van der Waals surface area contributed by atoms with Crippen LogP contribution in [0.1, 0.15) is 38.3 Å². The molecule has 2 nitrogen and oxygen atoms in total. The van der Waals surface area contributed by atoms with Crippen LogP contribution in [-0.4, -0.2) is 17.4 Å². The van der Waals surface area contributed by atoms with Crippen LogP contribution in [0.25, 0.3) is 0 Å². The average molecular weight is 286 g/mol. The summed E-state index contributed by atoms with van der Waals surface area (Å²) in [6, 6.07) is 5.79. The molecule has 1 heterocycles. The molecule has 0 N–H and O–H groups in total. The molecule has 0 radical (unpaired) electrons. The molecule has 1 aliphatic rings. The smallest absolute Gasteiger partial charge is 0.225 e. The molecule has 1 unspecified atom stereocenters. The summed E-state index contributed by atoms with van der Waals surface area (Å²) in [5.74, 6) is 0.247. The van der Waals surface area contributed by atoms with Gasteiger partial charge in [0.2, 0.25) is 5.91 Å². The Balaban J connectivity index is 2.26. The number of amides is 1. The second-order valence-corrected chi connectivity index (χ2v) is 5.83. The van der Waals surface area contributed by atoms with E-state index in [-0.39, 0.29) is 17.9 Å². The zero-order valence-corrected chi connectivity index (χ0v) is 12.1. The van der Waals surface area contributed by atoms with Crippen molar-refractivity contribution in [3.63, 3.8) is 0 Å². The predicted octanol–water partition coefficient (Wildman–Crippen LogP) is 4.31. The van der Waals surface area contributed by atoms with Crippen LogP contribution >= 0.6 is 23.2 Å². The first-order valence-corrected chi connectivity index (χ1v) is 7.01. The molecule has 1 saturated heterocycles. The van der Waals surface area contributed by atoms with Gasteiger partial charge in [-0.15, -0.1) is 0 Å². The van der Waals surface area contributed by atoms with Gasteiger partial charge in [0.1, 0.15) is 0 Å². The first-order valence-electron chi connectivity index (χ1n) is 6.26. The zero-order valence-electron chi connectivity index (χ0n) is 10.6. The second kappa shape index (κ2) is 5.50. The summed E-state index contributed by atoms with van der Waals surface area (Å²) in [5.41, 5.74) is 1.08. The largest absolute Gasteiger partial charge is 0.335 e. The van der Waals surface area contributed by atoms with E-state index in [0.717, 1.165) is 24.9 Å². The highest BCUT2D eigenvalue weighted by Gasteiger charge is 2.31. The number of nitrogens with zero attached hydrogens (tertiary/aromatic N) is 1. The molecule has 1 atom stereocenters. The second-order valence-electron chi connectivity index (χ2n) is 5.02. The van der Waals surface area contributed by atoms with Crippen LogP contribution in [0.3, 0.4) is 0 Å². The van der Waals surface area contributed by atoms with E-state index in [9.17, 15) is 4.79 Å². The lowest BCUT2D eigenvalue weighted by atomic mass is 10.0. The van der Waals surface area contributed by atoms with Gasteiger partial charge in [0.15, 0.2) is 0 Å². The van der Waals surface area contributed by atoms with Gasteiger partial charge in [0.05, 0.1) is 16.1 Å². The number of halogens is 2. The Bertz CT molecular complexity index is 459. The highest BCUT2D eigenvalue weighted by Crippen LogP contribution is 2.35. The molecule has 1 fully saturated rings. The Morgan fingerprint density at radius 1 is 1.33 bits per heavy atom. The minimum absolute atomic E-state index is 0.0355. The number of rotatable bonds is 2. The van der Waals surface area contributed by atoms with E-state index in [4.69, 9.17) is 23.2 Å². The van der Waals surface area contributed by atoms with Gasteiger partial charge in [0, 0.05) is 12.5 Å². The fourth-order valence-corrected chi connectivity index (χ4v) is 2.73. The van der Waals surface area contributed by atoms with E-state index in [1.54, 1.807) is 6.07 Å². The van der Waals surface area contributed by atoms with Crippen LogP contribution in [0.15, 0.2) is 18.2 Å². The number of hydrogen-bond acceptors (Lipinski definition) is 1. The maximum absolute atomic E-state index is 12.1. The van der Waals surface area contributed by atoms with Crippen LogP contribution < -0.4 is 0 Å². The standard InChI is InChI=1S/C14H17Cl2NO/c1-9(2)14(18)17-7-3-4-13(17)10-5-6-11(15)12(16)8-10/h5-6,8-9,13H,3-4,7H2,1-2H3. The zero-order chi connectivity index (χ0) is 13.3. The molecule has 2 rings (SSSR count). The van der Waals surface area contributed by atoms with Crippen molar-refractivity contribution >= 4 is 29.1 Å². The summed E-state index contributed by atoms with van der Waals surface area (Å²) < 4.78 is 0. The molecule has 0 spiro atoms. The quantitative estimate of drug-likeness (QED) is 0.793. The fourth-order valence-electron chi connectivity index (χ4n) is 2.43. The van der Waals surface area contributed by atoms with Gasteiger partial charge in [-0.1, -0.05) is 43.1 Å². The van der Waals surface area contributed by atoms with Crippen LogP contribution in [0.4, 0.5) is 0 Å². The molecule has 1 aromatic carbocycles. The highest BCUT2D eigenvalue weighted by molar-refractivity contribution is 6.42. The van der Waals surface area contributed by atoms with Crippen molar-refractivity contribution in [2.75, 3.05) is 6.54 Å². The fraction of sp³-hybridized carbons (Fsp3) is 0.500. The van der Waals surface area contributed by atoms with E-state index in [2.05, 4.69) is 0 Å². The molecule has 0 saturated carbocycles. The molecule has 0 bridgehead atoms. The summed E-state index contributed by atoms with van der Waals surface area (Å²) in [4.78, 5) is 14.1. The average Bonchev–Trinajstić information content (AvgIpc) is 2.80. The molecule has 98 valence electrons. The van der Waals surface area contributed by atoms with Gasteiger partial charge in [-0.05, 0) is 30.5 Å². The molecule has 1 aliphatic heterocycles. The van der Waals surface area contributed by atoms with Crippen LogP contribution in [-0.2, 0) is 4.79 Å². The Kier molecular flexibility index (Phi) is 4.18. The normalized spacial score (nSPS) is 19.6. The Morgan fingerprint density at radius 2 is 2.06 bits per heavy atom. The SMILES string of the molecule is CC(C)C(=O)N1CCCC1c1ccc(Cl)c(Cl)c1. The number of likely N-dealkylation sites (tertiary alicyclic amines) is 1. The minimum Gasteiger partial charge on any atom is -0.335 e. The Hall–Kier alpha value is -0.730. The molecule has 1 aromatic rings. The predicted molar refractivity (Wildman–Crippen MR) is 75.0 cm³/mol. The molecular weight excluding hydrogens is 269 g/mol. The maximum Gasteiger partial charge on any atom is 0.225 e. The third-order valence-corrected chi connectivity index (χ3v) is 4.10. The lowest BCUT2D eigenvalue weighted by Crippen LogP contribution is -2.33. The first-order chi connectivity index (χ1) is 8.50. The summed E-state index contributed by atoms with van der Waals surface area (Å²) in [5, 5.41) is 1.11. The van der Waals surface area contributed by atoms with Gasteiger partial charge in [0.25, 0.3) is 0 Å². The molecule has 1 amide bonds. The van der Waals surface area contributed by atoms with Gasteiger partial charge >= 0.3 is 0 Å². The van der Waals surface area contributed by atoms with Gasteiger partial charge in [-0.25, -0.2) is 0 Å². The Labute approximate surface area is 118 Å². The van der Waals surface area contributed by atoms with E-state index >= 15 is 0 Å². The molecular formula is C14H17Cl2NO. The third kappa shape index (κ3) is 2.65. The van der Waals surface area contributed by atoms with E-state index < -0.39 is 0 Å². The first kappa shape index (κ1) is 13.7. The van der Waals surface area contributed by atoms with E-state index in [1.165, 1.54) is 0 Å². The number of benzene rings is 1. The molecule has 18 heavy (non-hydrogen) atoms. The van der Waals surface area contributed by atoms with Crippen molar-refractivity contribution in [2.45, 2.75) is 32.7 Å².